The first-order chi connectivity index (χ1) is 12.3. The van der Waals surface area contributed by atoms with Crippen molar-refractivity contribution in [2.45, 2.75) is 4.90 Å². The monoisotopic (exact) mass is 375 g/mol. The van der Waals surface area contributed by atoms with Crippen LogP contribution in [0.5, 0.6) is 5.75 Å². The SMILES string of the molecule is COc1cccc(/C(O)=C/c2nc3cc(S(=O)(=O)O)ccc3oc2=O)c1. The number of aliphatic hydroxyl groups is 1. The van der Waals surface area contributed by atoms with E-state index in [4.69, 9.17) is 13.7 Å². The van der Waals surface area contributed by atoms with Gasteiger partial charge in [0.25, 0.3) is 10.1 Å². The summed E-state index contributed by atoms with van der Waals surface area (Å²) in [6.45, 7) is 0. The molecule has 0 unspecified atom stereocenters. The molecular weight excluding hydrogens is 362 g/mol. The number of aliphatic hydroxyl groups excluding tert-OH is 1. The number of methoxy groups -OCH3 is 1. The highest BCUT2D eigenvalue weighted by molar-refractivity contribution is 7.85. The summed E-state index contributed by atoms with van der Waals surface area (Å²) in [5.74, 6) is 0.257. The lowest BCUT2D eigenvalue weighted by Gasteiger charge is -2.04. The van der Waals surface area contributed by atoms with Crippen LogP contribution in [0.3, 0.4) is 0 Å². The molecule has 0 aliphatic carbocycles. The lowest BCUT2D eigenvalue weighted by atomic mass is 10.1. The smallest absolute Gasteiger partial charge is 0.362 e. The molecule has 0 bridgehead atoms. The molecule has 3 rings (SSSR count). The molecule has 1 aromatic heterocycles. The number of hydrogen-bond acceptors (Lipinski definition) is 7. The number of nitrogens with zero attached hydrogens (tertiary/aromatic N) is 1. The van der Waals surface area contributed by atoms with Gasteiger partial charge in [-0.3, -0.25) is 4.55 Å². The van der Waals surface area contributed by atoms with Crippen molar-refractivity contribution in [3.63, 3.8) is 0 Å². The van der Waals surface area contributed by atoms with Crippen molar-refractivity contribution < 1.29 is 27.2 Å². The van der Waals surface area contributed by atoms with Crippen molar-refractivity contribution in [1.82, 2.24) is 4.98 Å². The fraction of sp³-hybridized carbons (Fsp3) is 0.0588. The van der Waals surface area contributed by atoms with Crippen LogP contribution in [0.25, 0.3) is 22.9 Å². The Morgan fingerprint density at radius 3 is 2.69 bits per heavy atom. The maximum Gasteiger partial charge on any atom is 0.362 e. The summed E-state index contributed by atoms with van der Waals surface area (Å²) in [4.78, 5) is 15.6. The van der Waals surface area contributed by atoms with E-state index in [-0.39, 0.29) is 22.6 Å². The lowest BCUT2D eigenvalue weighted by Crippen LogP contribution is -2.07. The standard InChI is InChI=1S/C17H13NO7S/c1-24-11-4-2-3-10(7-11)15(19)9-14-17(20)25-16-6-5-12(26(21,22)23)8-13(16)18-14/h2-9,19H,1H3,(H,21,22,23)/b15-9-. The summed E-state index contributed by atoms with van der Waals surface area (Å²) in [6, 6.07) is 9.88. The van der Waals surface area contributed by atoms with E-state index >= 15 is 0 Å². The van der Waals surface area contributed by atoms with Crippen LogP contribution in [0.1, 0.15) is 11.3 Å². The lowest BCUT2D eigenvalue weighted by molar-refractivity contribution is 0.414. The fourth-order valence-electron chi connectivity index (χ4n) is 2.25. The van der Waals surface area contributed by atoms with Crippen LogP contribution in [0.4, 0.5) is 0 Å². The van der Waals surface area contributed by atoms with Gasteiger partial charge in [-0.25, -0.2) is 9.78 Å². The van der Waals surface area contributed by atoms with E-state index in [1.807, 2.05) is 0 Å². The van der Waals surface area contributed by atoms with E-state index in [0.29, 0.717) is 11.3 Å². The Kier molecular flexibility index (Phi) is 4.49. The maximum absolute atomic E-state index is 12.0. The minimum Gasteiger partial charge on any atom is -0.507 e. The Bertz CT molecular complexity index is 1180. The molecule has 0 aliphatic rings. The number of fused-ring (bicyclic) bond motifs is 1. The molecule has 0 spiro atoms. The molecule has 0 saturated heterocycles. The van der Waals surface area contributed by atoms with Crippen LogP contribution in [-0.2, 0) is 10.1 Å². The second-order valence-electron chi connectivity index (χ2n) is 5.25. The zero-order valence-corrected chi connectivity index (χ0v) is 14.2. The topological polar surface area (TPSA) is 127 Å². The minimum absolute atomic E-state index is 0.0319. The first kappa shape index (κ1) is 17.6. The molecule has 0 radical (unpaired) electrons. The molecular formula is C17H13NO7S. The average Bonchev–Trinajstić information content (AvgIpc) is 2.61. The third-order valence-corrected chi connectivity index (χ3v) is 4.37. The molecule has 134 valence electrons. The van der Waals surface area contributed by atoms with Gasteiger partial charge in [0.15, 0.2) is 11.3 Å². The molecule has 0 atom stereocenters. The third-order valence-electron chi connectivity index (χ3n) is 3.52. The second-order valence-corrected chi connectivity index (χ2v) is 6.67. The van der Waals surface area contributed by atoms with Crippen molar-refractivity contribution in [2.24, 2.45) is 0 Å². The van der Waals surface area contributed by atoms with E-state index < -0.39 is 20.6 Å². The fourth-order valence-corrected chi connectivity index (χ4v) is 2.75. The largest absolute Gasteiger partial charge is 0.507 e. The molecule has 26 heavy (non-hydrogen) atoms. The average molecular weight is 375 g/mol. The Labute approximate surface area is 147 Å². The first-order valence-corrected chi connectivity index (χ1v) is 8.69. The van der Waals surface area contributed by atoms with Crippen molar-refractivity contribution in [2.75, 3.05) is 7.11 Å². The van der Waals surface area contributed by atoms with Gasteiger partial charge in [0.1, 0.15) is 17.0 Å². The van der Waals surface area contributed by atoms with Crippen molar-refractivity contribution in [1.29, 1.82) is 0 Å². The van der Waals surface area contributed by atoms with Crippen LogP contribution >= 0.6 is 0 Å². The zero-order chi connectivity index (χ0) is 18.9. The summed E-state index contributed by atoms with van der Waals surface area (Å²) in [6.07, 6.45) is 1.10. The highest BCUT2D eigenvalue weighted by Gasteiger charge is 2.13. The van der Waals surface area contributed by atoms with Gasteiger partial charge in [-0.1, -0.05) is 12.1 Å². The molecule has 0 aliphatic heterocycles. The maximum atomic E-state index is 12.0. The highest BCUT2D eigenvalue weighted by Crippen LogP contribution is 2.21. The Balaban J connectivity index is 2.11. The molecule has 1 heterocycles. The van der Waals surface area contributed by atoms with Crippen LogP contribution in [0.2, 0.25) is 0 Å². The van der Waals surface area contributed by atoms with Crippen molar-refractivity contribution in [3.05, 3.63) is 64.1 Å². The van der Waals surface area contributed by atoms with Gasteiger partial charge in [-0.05, 0) is 30.3 Å². The molecule has 0 amide bonds. The van der Waals surface area contributed by atoms with E-state index in [9.17, 15) is 18.3 Å². The predicted octanol–water partition coefficient (Wildman–Crippen LogP) is 2.50. The van der Waals surface area contributed by atoms with Gasteiger partial charge in [0.05, 0.1) is 12.0 Å². The second kappa shape index (κ2) is 6.62. The number of ether oxygens (including phenoxy) is 1. The molecule has 3 aromatic rings. The first-order valence-electron chi connectivity index (χ1n) is 7.25. The summed E-state index contributed by atoms with van der Waals surface area (Å²) < 4.78 is 41.7. The summed E-state index contributed by atoms with van der Waals surface area (Å²) in [5.41, 5.74) is -0.584. The molecule has 0 fully saturated rings. The molecule has 2 aromatic carbocycles. The Morgan fingerprint density at radius 2 is 2.00 bits per heavy atom. The minimum atomic E-state index is -4.43. The molecule has 9 heteroatoms. The van der Waals surface area contributed by atoms with Crippen LogP contribution < -0.4 is 10.4 Å². The quantitative estimate of drug-likeness (QED) is 0.526. The highest BCUT2D eigenvalue weighted by atomic mass is 32.2. The van der Waals surface area contributed by atoms with Crippen LogP contribution in [0, 0.1) is 0 Å². The zero-order valence-electron chi connectivity index (χ0n) is 13.4. The third kappa shape index (κ3) is 3.58. The van der Waals surface area contributed by atoms with Gasteiger partial charge in [0.2, 0.25) is 0 Å². The van der Waals surface area contributed by atoms with Crippen molar-refractivity contribution in [3.8, 4) is 5.75 Å². The van der Waals surface area contributed by atoms with Gasteiger partial charge >= 0.3 is 5.63 Å². The van der Waals surface area contributed by atoms with E-state index in [1.54, 1.807) is 24.3 Å². The van der Waals surface area contributed by atoms with Gasteiger partial charge < -0.3 is 14.3 Å². The number of aromatic nitrogens is 1. The number of hydrogen-bond donors (Lipinski definition) is 2. The van der Waals surface area contributed by atoms with Gasteiger partial charge in [-0.15, -0.1) is 0 Å². The van der Waals surface area contributed by atoms with Gasteiger partial charge in [0, 0.05) is 11.6 Å². The normalized spacial score (nSPS) is 12.3. The van der Waals surface area contributed by atoms with E-state index in [0.717, 1.165) is 18.2 Å². The Morgan fingerprint density at radius 1 is 1.23 bits per heavy atom. The summed E-state index contributed by atoms with van der Waals surface area (Å²) in [7, 11) is -2.95. The molecule has 2 N–H and O–H groups in total. The molecule has 8 nitrogen and oxygen atoms in total. The summed E-state index contributed by atoms with van der Waals surface area (Å²) in [5, 5.41) is 10.2. The van der Waals surface area contributed by atoms with Gasteiger partial charge in [-0.2, -0.15) is 8.42 Å². The Hall–Kier alpha value is -3.17. The number of benzene rings is 2. The number of rotatable bonds is 4. The van der Waals surface area contributed by atoms with Crippen molar-refractivity contribution >= 4 is 33.1 Å². The van der Waals surface area contributed by atoms with Crippen LogP contribution in [-0.4, -0.2) is 30.2 Å². The van der Waals surface area contributed by atoms with E-state index in [1.165, 1.54) is 13.2 Å². The molecule has 0 saturated carbocycles. The predicted molar refractivity (Wildman–Crippen MR) is 93.6 cm³/mol. The van der Waals surface area contributed by atoms with E-state index in [2.05, 4.69) is 4.98 Å². The summed E-state index contributed by atoms with van der Waals surface area (Å²) >= 11 is 0. The van der Waals surface area contributed by atoms with Crippen LogP contribution in [0.15, 0.2) is 56.6 Å².